The highest BCUT2D eigenvalue weighted by Crippen LogP contribution is 2.44. The van der Waals surface area contributed by atoms with Crippen LogP contribution in [-0.4, -0.2) is 18.5 Å². The van der Waals surface area contributed by atoms with Gasteiger partial charge in [0.15, 0.2) is 12.2 Å². The molecule has 2 fully saturated rings. The number of para-hydroxylation sites is 1. The molecule has 1 aromatic carbocycles. The van der Waals surface area contributed by atoms with Gasteiger partial charge in [-0.3, -0.25) is 5.32 Å². The van der Waals surface area contributed by atoms with E-state index in [-0.39, 0.29) is 16.4 Å². The van der Waals surface area contributed by atoms with Crippen LogP contribution in [0.3, 0.4) is 0 Å². The van der Waals surface area contributed by atoms with Crippen molar-refractivity contribution in [2.24, 2.45) is 17.6 Å². The summed E-state index contributed by atoms with van der Waals surface area (Å²) >= 11 is 0. The minimum Gasteiger partial charge on any atom is -0.318 e. The molecule has 2 atom stereocenters. The molecule has 0 aromatic heterocycles. The number of hydrogen-bond donors (Lipinski definition) is 2. The van der Waals surface area contributed by atoms with Crippen molar-refractivity contribution in [2.75, 3.05) is 6.54 Å². The molecule has 3 aliphatic rings. The number of hydrogen-bond acceptors (Lipinski definition) is 3. The van der Waals surface area contributed by atoms with E-state index in [1.807, 2.05) is 24.3 Å². The summed E-state index contributed by atoms with van der Waals surface area (Å²) in [5.74, 6) is 0.893. The van der Waals surface area contributed by atoms with Gasteiger partial charge in [-0.05, 0) is 25.2 Å². The van der Waals surface area contributed by atoms with Crippen LogP contribution in [0.15, 0.2) is 24.3 Å². The molecule has 1 radical (unpaired) electrons. The fraction of sp³-hybridized carbons (Fsp3) is 0.500. The Bertz CT molecular complexity index is 651. The molecule has 121 valence electrons. The van der Waals surface area contributed by atoms with Crippen molar-refractivity contribution >= 4 is 17.6 Å². The van der Waals surface area contributed by atoms with E-state index in [1.54, 1.807) is 0 Å². The van der Waals surface area contributed by atoms with Crippen LogP contribution in [0, 0.1) is 18.4 Å². The largest absolute Gasteiger partial charge is 0.426 e. The van der Waals surface area contributed by atoms with Crippen LogP contribution in [0.25, 0.3) is 0 Å². The molecule has 3 N–H and O–H groups in total. The van der Waals surface area contributed by atoms with E-state index in [1.165, 1.54) is 19.4 Å². The normalized spacial score (nSPS) is 30.6. The maximum Gasteiger partial charge on any atom is 0.426 e. The Hall–Kier alpha value is -1.72. The van der Waals surface area contributed by atoms with E-state index >= 15 is 0 Å². The summed E-state index contributed by atoms with van der Waals surface area (Å²) in [6, 6.07) is 7.32. The van der Waals surface area contributed by atoms with Gasteiger partial charge >= 0.3 is 11.9 Å². The summed E-state index contributed by atoms with van der Waals surface area (Å²) in [5, 5.41) is 3.26. The molecule has 3 amide bonds. The lowest BCUT2D eigenvalue weighted by Gasteiger charge is -2.31. The summed E-state index contributed by atoms with van der Waals surface area (Å²) in [6.07, 6.45) is 5.66. The molecule has 1 aliphatic heterocycles. The van der Waals surface area contributed by atoms with Gasteiger partial charge in [0.2, 0.25) is 0 Å². The number of carbonyl (C=O) groups excluding carboxylic acids is 2. The fourth-order valence-corrected chi connectivity index (χ4v) is 3.70. The number of quaternary nitrogens is 1. The number of benzene rings is 1. The van der Waals surface area contributed by atoms with Gasteiger partial charge in [0, 0.05) is 23.6 Å². The van der Waals surface area contributed by atoms with Gasteiger partial charge < -0.3 is 5.73 Å². The minimum absolute atomic E-state index is 0.0844. The predicted octanol–water partition coefficient (Wildman–Crippen LogP) is 2.62. The number of urea groups is 1. The Balaban J connectivity index is 1.81. The van der Waals surface area contributed by atoms with Gasteiger partial charge in [0.1, 0.15) is 6.54 Å². The number of nitrogens with one attached hydrogen (secondary N) is 1. The van der Waals surface area contributed by atoms with Gasteiger partial charge in [-0.15, -0.1) is 4.48 Å². The molecule has 1 aromatic rings. The Kier molecular flexibility index (Phi) is 3.50. The lowest BCUT2D eigenvalue weighted by molar-refractivity contribution is -0.124. The van der Waals surface area contributed by atoms with Crippen LogP contribution in [0.5, 0.6) is 0 Å². The quantitative estimate of drug-likeness (QED) is 0.839. The van der Waals surface area contributed by atoms with E-state index in [0.717, 1.165) is 36.4 Å². The van der Waals surface area contributed by atoms with Crippen LogP contribution in [0.2, 0.25) is 0 Å². The lowest BCUT2D eigenvalue weighted by atomic mass is 9.98. The second-order valence-corrected chi connectivity index (χ2v) is 7.21. The summed E-state index contributed by atoms with van der Waals surface area (Å²) in [4.78, 5) is 25.3. The minimum atomic E-state index is -0.570. The molecular formula is C18H23N3O2+. The molecule has 2 unspecified atom stereocenters. The van der Waals surface area contributed by atoms with E-state index < -0.39 is 6.03 Å². The Morgan fingerprint density at radius 1 is 1.17 bits per heavy atom. The number of primary amides is 1. The monoisotopic (exact) mass is 313 g/mol. The molecular weight excluding hydrogens is 290 g/mol. The zero-order chi connectivity index (χ0) is 16.0. The van der Waals surface area contributed by atoms with Gasteiger partial charge in [-0.2, -0.15) is 0 Å². The molecule has 23 heavy (non-hydrogen) atoms. The summed E-state index contributed by atoms with van der Waals surface area (Å²) in [5.41, 5.74) is 7.59. The third-order valence-electron chi connectivity index (χ3n) is 5.38. The SMILES string of the molecule is NC(=O)[N+]1(CC2CC2)C(=O)[CH]NC(CC2CC2)c2ccccc21. The maximum atomic E-state index is 12.9. The smallest absolute Gasteiger partial charge is 0.318 e. The predicted molar refractivity (Wildman–Crippen MR) is 87.9 cm³/mol. The molecule has 2 saturated carbocycles. The van der Waals surface area contributed by atoms with E-state index in [2.05, 4.69) is 5.32 Å². The van der Waals surface area contributed by atoms with Crippen LogP contribution >= 0.6 is 0 Å². The zero-order valence-electron chi connectivity index (χ0n) is 13.2. The fourth-order valence-electron chi connectivity index (χ4n) is 3.70. The van der Waals surface area contributed by atoms with Crippen molar-refractivity contribution < 1.29 is 9.59 Å². The second-order valence-electron chi connectivity index (χ2n) is 7.21. The van der Waals surface area contributed by atoms with E-state index in [9.17, 15) is 9.59 Å². The van der Waals surface area contributed by atoms with E-state index in [0.29, 0.717) is 12.5 Å². The summed E-state index contributed by atoms with van der Waals surface area (Å²) < 4.78 is -0.366. The number of imide groups is 1. The first kappa shape index (κ1) is 14.8. The summed E-state index contributed by atoms with van der Waals surface area (Å²) in [6.45, 7) is 1.97. The van der Waals surface area contributed by atoms with Gasteiger partial charge in [-0.25, -0.2) is 9.59 Å². The number of nitrogens with zero attached hydrogens (tertiary/aromatic N) is 1. The first-order valence-electron chi connectivity index (χ1n) is 8.52. The zero-order valence-corrected chi connectivity index (χ0v) is 13.2. The van der Waals surface area contributed by atoms with Crippen LogP contribution in [-0.2, 0) is 4.79 Å². The van der Waals surface area contributed by atoms with Gasteiger partial charge in [0.05, 0.1) is 0 Å². The number of nitrogens with two attached hydrogens (primary N) is 1. The highest BCUT2D eigenvalue weighted by Gasteiger charge is 2.52. The van der Waals surface area contributed by atoms with Crippen molar-refractivity contribution in [3.05, 3.63) is 36.4 Å². The maximum absolute atomic E-state index is 12.9. The van der Waals surface area contributed by atoms with Crippen LogP contribution in [0.4, 0.5) is 10.5 Å². The van der Waals surface area contributed by atoms with Crippen molar-refractivity contribution in [1.82, 2.24) is 9.80 Å². The van der Waals surface area contributed by atoms with Crippen LogP contribution < -0.4 is 15.5 Å². The lowest BCUT2D eigenvalue weighted by Crippen LogP contribution is -2.62. The highest BCUT2D eigenvalue weighted by molar-refractivity contribution is 6.11. The number of amides is 3. The standard InChI is InChI=1S/C18H22N3O2/c19-18(23)21(11-13-7-8-13)16-4-2-1-3-14(16)15(9-12-5-6-12)20-10-17(21)22/h1-4,10,12-13,15,20H,5-9,11H2,(H-,19,23)/p+1. The topological polar surface area (TPSA) is 72.2 Å². The van der Waals surface area contributed by atoms with Crippen molar-refractivity contribution in [1.29, 1.82) is 0 Å². The first-order chi connectivity index (χ1) is 11.1. The Labute approximate surface area is 136 Å². The number of rotatable bonds is 4. The van der Waals surface area contributed by atoms with Gasteiger partial charge in [0.25, 0.3) is 0 Å². The summed E-state index contributed by atoms with van der Waals surface area (Å²) in [7, 11) is 0. The number of carbonyl (C=O) groups is 2. The molecule has 0 spiro atoms. The van der Waals surface area contributed by atoms with E-state index in [4.69, 9.17) is 5.73 Å². The first-order valence-corrected chi connectivity index (χ1v) is 8.52. The van der Waals surface area contributed by atoms with Crippen molar-refractivity contribution in [3.8, 4) is 0 Å². The molecule has 4 rings (SSSR count). The Morgan fingerprint density at radius 2 is 1.87 bits per heavy atom. The average Bonchev–Trinajstić information content (AvgIpc) is 3.43. The third-order valence-corrected chi connectivity index (χ3v) is 5.38. The molecule has 1 heterocycles. The molecule has 0 bridgehead atoms. The third kappa shape index (κ3) is 2.58. The molecule has 2 aliphatic carbocycles. The molecule has 5 heteroatoms. The number of fused-ring (bicyclic) bond motifs is 1. The van der Waals surface area contributed by atoms with Crippen molar-refractivity contribution in [3.63, 3.8) is 0 Å². The molecule has 5 nitrogen and oxygen atoms in total. The van der Waals surface area contributed by atoms with Crippen molar-refractivity contribution in [2.45, 2.75) is 38.1 Å². The Morgan fingerprint density at radius 3 is 2.52 bits per heavy atom. The average molecular weight is 313 g/mol. The second kappa shape index (κ2) is 5.42. The van der Waals surface area contributed by atoms with Crippen LogP contribution in [0.1, 0.15) is 43.7 Å². The molecule has 0 saturated heterocycles. The van der Waals surface area contributed by atoms with Gasteiger partial charge in [-0.1, -0.05) is 31.0 Å². The highest BCUT2D eigenvalue weighted by atomic mass is 16.2.